The lowest BCUT2D eigenvalue weighted by Gasteiger charge is -2.50. The van der Waals surface area contributed by atoms with Gasteiger partial charge < -0.3 is 9.47 Å². The van der Waals surface area contributed by atoms with Crippen molar-refractivity contribution in [2.45, 2.75) is 87.5 Å². The molecule has 6 nitrogen and oxygen atoms in total. The van der Waals surface area contributed by atoms with Gasteiger partial charge in [-0.15, -0.1) is 0 Å². The second-order valence-corrected chi connectivity index (χ2v) is 14.8. The van der Waals surface area contributed by atoms with Crippen molar-refractivity contribution in [3.8, 4) is 11.5 Å². The molecule has 2 atom stereocenters. The molecule has 2 unspecified atom stereocenters. The van der Waals surface area contributed by atoms with Crippen molar-refractivity contribution in [2.75, 3.05) is 0 Å². The Morgan fingerprint density at radius 1 is 0.761 bits per heavy atom. The summed E-state index contributed by atoms with van der Waals surface area (Å²) in [7, 11) is -4.46. The highest BCUT2D eigenvalue weighted by Crippen LogP contribution is 2.62. The number of esters is 1. The smallest absolute Gasteiger partial charge is 0.315 e. The summed E-state index contributed by atoms with van der Waals surface area (Å²) in [5.41, 5.74) is 6.60. The monoisotopic (exact) mass is 636 g/mol. The SMILES string of the molecule is Cc1cc(S(=O)(=O)O)c(C(C)C)cc1OC(=O)C1C2c3ccccc3C(c3ccccc32)C1c1ccccc1OC1CCCCC1. The summed E-state index contributed by atoms with van der Waals surface area (Å²) in [5, 5.41) is 0. The zero-order valence-corrected chi connectivity index (χ0v) is 27.3. The van der Waals surface area contributed by atoms with Crippen LogP contribution < -0.4 is 9.47 Å². The van der Waals surface area contributed by atoms with Crippen molar-refractivity contribution in [1.82, 2.24) is 0 Å². The van der Waals surface area contributed by atoms with Crippen molar-refractivity contribution < 1.29 is 27.2 Å². The van der Waals surface area contributed by atoms with E-state index in [1.165, 1.54) is 23.6 Å². The zero-order chi connectivity index (χ0) is 32.2. The fraction of sp³-hybridized carbons (Fsp3) is 0.359. The molecule has 0 amide bonds. The molecule has 1 saturated carbocycles. The van der Waals surface area contributed by atoms with E-state index in [2.05, 4.69) is 42.5 Å². The Kier molecular flexibility index (Phi) is 8.02. The first-order valence-electron chi connectivity index (χ1n) is 16.4. The second kappa shape index (κ2) is 12.0. The van der Waals surface area contributed by atoms with E-state index < -0.39 is 16.0 Å². The average Bonchev–Trinajstić information content (AvgIpc) is 3.05. The largest absolute Gasteiger partial charge is 0.490 e. The number of rotatable bonds is 7. The van der Waals surface area contributed by atoms with Crippen LogP contribution in [0.25, 0.3) is 0 Å². The van der Waals surface area contributed by atoms with Gasteiger partial charge in [0.25, 0.3) is 10.1 Å². The van der Waals surface area contributed by atoms with Crippen LogP contribution in [0.4, 0.5) is 0 Å². The van der Waals surface area contributed by atoms with Gasteiger partial charge in [0.05, 0.1) is 16.9 Å². The van der Waals surface area contributed by atoms with Crippen LogP contribution in [0.5, 0.6) is 11.5 Å². The molecule has 0 spiro atoms. The van der Waals surface area contributed by atoms with Crippen LogP contribution in [-0.2, 0) is 14.9 Å². The molecule has 4 aromatic rings. The molecule has 4 aliphatic rings. The van der Waals surface area contributed by atoms with Crippen molar-refractivity contribution in [3.63, 3.8) is 0 Å². The minimum Gasteiger partial charge on any atom is -0.490 e. The number of para-hydroxylation sites is 1. The van der Waals surface area contributed by atoms with Crippen molar-refractivity contribution in [3.05, 3.63) is 124 Å². The molecular weight excluding hydrogens is 596 g/mol. The van der Waals surface area contributed by atoms with Crippen LogP contribution in [-0.4, -0.2) is 25.0 Å². The number of carbonyl (C=O) groups excluding carboxylic acids is 1. The maximum atomic E-state index is 14.7. The van der Waals surface area contributed by atoms with E-state index in [0.29, 0.717) is 16.9 Å². The van der Waals surface area contributed by atoms with Crippen LogP contribution in [0.1, 0.15) is 109 Å². The fourth-order valence-electron chi connectivity index (χ4n) is 8.20. The van der Waals surface area contributed by atoms with Gasteiger partial charge in [0.1, 0.15) is 11.5 Å². The van der Waals surface area contributed by atoms with Gasteiger partial charge in [0.15, 0.2) is 0 Å². The fourth-order valence-corrected chi connectivity index (χ4v) is 9.12. The predicted octanol–water partition coefficient (Wildman–Crippen LogP) is 8.67. The normalized spacial score (nSPS) is 22.3. The van der Waals surface area contributed by atoms with Gasteiger partial charge >= 0.3 is 5.97 Å². The lowest BCUT2D eigenvalue weighted by atomic mass is 9.52. The minimum absolute atomic E-state index is 0.0831. The van der Waals surface area contributed by atoms with Gasteiger partial charge in [-0.3, -0.25) is 9.35 Å². The molecule has 4 aliphatic carbocycles. The lowest BCUT2D eigenvalue weighted by molar-refractivity contribution is -0.141. The van der Waals surface area contributed by atoms with Crippen molar-refractivity contribution >= 4 is 16.1 Å². The maximum absolute atomic E-state index is 14.7. The van der Waals surface area contributed by atoms with E-state index in [1.54, 1.807) is 13.0 Å². The van der Waals surface area contributed by atoms with Crippen molar-refractivity contribution in [1.29, 1.82) is 0 Å². The minimum atomic E-state index is -4.46. The molecule has 2 bridgehead atoms. The van der Waals surface area contributed by atoms with Gasteiger partial charge in [-0.2, -0.15) is 8.42 Å². The highest BCUT2D eigenvalue weighted by Gasteiger charge is 2.54. The third kappa shape index (κ3) is 5.33. The van der Waals surface area contributed by atoms with Crippen LogP contribution >= 0.6 is 0 Å². The van der Waals surface area contributed by atoms with E-state index in [1.807, 2.05) is 44.2 Å². The molecule has 0 saturated heterocycles. The van der Waals surface area contributed by atoms with Gasteiger partial charge in [-0.25, -0.2) is 0 Å². The van der Waals surface area contributed by atoms with Crippen LogP contribution in [0, 0.1) is 12.8 Å². The van der Waals surface area contributed by atoms with Crippen LogP contribution in [0.3, 0.4) is 0 Å². The van der Waals surface area contributed by atoms with E-state index in [-0.39, 0.29) is 40.6 Å². The summed E-state index contributed by atoms with van der Waals surface area (Å²) in [6.45, 7) is 5.39. The summed E-state index contributed by atoms with van der Waals surface area (Å²) >= 11 is 0. The number of hydrogen-bond acceptors (Lipinski definition) is 5. The molecule has 1 fully saturated rings. The number of aryl methyl sites for hydroxylation is 1. The molecule has 238 valence electrons. The van der Waals surface area contributed by atoms with Gasteiger partial charge in [0, 0.05) is 17.8 Å². The summed E-state index contributed by atoms with van der Waals surface area (Å²) in [5.74, 6) is -0.590. The molecule has 4 aromatic carbocycles. The second-order valence-electron chi connectivity index (χ2n) is 13.4. The number of hydrogen-bond donors (Lipinski definition) is 1. The third-order valence-electron chi connectivity index (χ3n) is 10.3. The highest BCUT2D eigenvalue weighted by atomic mass is 32.2. The first-order chi connectivity index (χ1) is 22.1. The quantitative estimate of drug-likeness (QED) is 0.124. The molecular formula is C39H40O6S. The number of ether oxygens (including phenoxy) is 2. The molecule has 0 aliphatic heterocycles. The topological polar surface area (TPSA) is 89.9 Å². The Bertz CT molecular complexity index is 1860. The van der Waals surface area contributed by atoms with Crippen molar-refractivity contribution in [2.24, 2.45) is 5.92 Å². The first kappa shape index (κ1) is 30.7. The number of benzene rings is 4. The highest BCUT2D eigenvalue weighted by molar-refractivity contribution is 7.85. The average molecular weight is 637 g/mol. The summed E-state index contributed by atoms with van der Waals surface area (Å²) in [4.78, 5) is 14.6. The molecule has 8 rings (SSSR count). The van der Waals surface area contributed by atoms with E-state index in [0.717, 1.165) is 48.1 Å². The van der Waals surface area contributed by atoms with Crippen LogP contribution in [0.2, 0.25) is 0 Å². The Labute approximate surface area is 271 Å². The molecule has 0 aromatic heterocycles. The van der Waals surface area contributed by atoms with E-state index in [4.69, 9.17) is 9.47 Å². The maximum Gasteiger partial charge on any atom is 0.315 e. The molecule has 0 radical (unpaired) electrons. The summed E-state index contributed by atoms with van der Waals surface area (Å²) in [6.07, 6.45) is 5.76. The van der Waals surface area contributed by atoms with E-state index in [9.17, 15) is 17.8 Å². The van der Waals surface area contributed by atoms with E-state index >= 15 is 0 Å². The Morgan fingerprint density at radius 2 is 1.30 bits per heavy atom. The standard InChI is InChI=1S/C39H40O6S/c1-23(2)31-22-33(24(3)21-34(31)46(41,42)43)45-39(40)38-36-28-17-9-7-15-26(28)35(27-16-8-10-18-29(27)36)37(38)30-19-11-12-20-32(30)44-25-13-5-4-6-14-25/h7-12,15-23,25,35-38H,4-6,13-14H2,1-3H3,(H,41,42,43). The number of carbonyl (C=O) groups is 1. The summed E-state index contributed by atoms with van der Waals surface area (Å²) in [6, 6.07) is 28.0. The lowest BCUT2D eigenvalue weighted by Crippen LogP contribution is -2.44. The molecule has 7 heteroatoms. The Hall–Kier alpha value is -3.94. The van der Waals surface area contributed by atoms with Gasteiger partial charge in [-0.05, 0) is 95.7 Å². The number of fused-ring (bicyclic) bond motifs is 1. The third-order valence-corrected chi connectivity index (χ3v) is 11.2. The molecule has 0 heterocycles. The van der Waals surface area contributed by atoms with Gasteiger partial charge in [0.2, 0.25) is 0 Å². The molecule has 46 heavy (non-hydrogen) atoms. The van der Waals surface area contributed by atoms with Crippen LogP contribution in [0.15, 0.2) is 89.8 Å². The molecule has 1 N–H and O–H groups in total. The van der Waals surface area contributed by atoms with Gasteiger partial charge in [-0.1, -0.05) is 87.0 Å². The Morgan fingerprint density at radius 3 is 1.87 bits per heavy atom. The predicted molar refractivity (Wildman–Crippen MR) is 177 cm³/mol. The Balaban J connectivity index is 1.37. The zero-order valence-electron chi connectivity index (χ0n) is 26.5. The first-order valence-corrected chi connectivity index (χ1v) is 17.8. The summed E-state index contributed by atoms with van der Waals surface area (Å²) < 4.78 is 47.4.